The van der Waals surface area contributed by atoms with Crippen LogP contribution < -0.4 is 16.4 Å². The highest BCUT2D eigenvalue weighted by Gasteiger charge is 2.23. The van der Waals surface area contributed by atoms with Gasteiger partial charge in [-0.1, -0.05) is 60.7 Å². The lowest BCUT2D eigenvalue weighted by molar-refractivity contribution is -0.118. The molecule has 0 aliphatic carbocycles. The highest BCUT2D eigenvalue weighted by Crippen LogP contribution is 2.17. The Morgan fingerprint density at radius 2 is 1.52 bits per heavy atom. The average Bonchev–Trinajstić information content (AvgIpc) is 2.73. The van der Waals surface area contributed by atoms with Gasteiger partial charge in [0.05, 0.1) is 0 Å². The maximum Gasteiger partial charge on any atom is 0.252 e. The standard InChI is InChI=1S/C22H21N3O2/c23-15-16-8-7-11-18(14-16)21(26)25-20(17-9-3-1-4-10-17)22(27)24-19-12-5-2-6-13-19/h1-14,20H,15,23H2,(H,24,27)(H,25,26). The van der Waals surface area contributed by atoms with Crippen molar-refractivity contribution in [3.05, 3.63) is 102 Å². The van der Waals surface area contributed by atoms with E-state index in [-0.39, 0.29) is 11.8 Å². The van der Waals surface area contributed by atoms with Crippen molar-refractivity contribution in [3.63, 3.8) is 0 Å². The molecule has 0 saturated heterocycles. The molecule has 0 bridgehead atoms. The molecule has 136 valence electrons. The minimum atomic E-state index is -0.819. The van der Waals surface area contributed by atoms with Gasteiger partial charge in [-0.2, -0.15) is 0 Å². The molecule has 0 heterocycles. The van der Waals surface area contributed by atoms with Crippen LogP contribution in [0.5, 0.6) is 0 Å². The molecule has 3 rings (SSSR count). The third-order valence-electron chi connectivity index (χ3n) is 4.14. The zero-order valence-corrected chi connectivity index (χ0v) is 14.8. The second-order valence-electron chi connectivity index (χ2n) is 6.08. The van der Waals surface area contributed by atoms with Gasteiger partial charge in [0, 0.05) is 17.8 Å². The first-order valence-corrected chi connectivity index (χ1v) is 8.68. The lowest BCUT2D eigenvalue weighted by Crippen LogP contribution is -2.37. The fourth-order valence-electron chi connectivity index (χ4n) is 2.74. The van der Waals surface area contributed by atoms with Crippen molar-refractivity contribution in [2.24, 2.45) is 5.73 Å². The number of hydrogen-bond acceptors (Lipinski definition) is 3. The molecule has 0 spiro atoms. The topological polar surface area (TPSA) is 84.2 Å². The Kier molecular flexibility index (Phi) is 5.97. The average molecular weight is 359 g/mol. The van der Waals surface area contributed by atoms with Gasteiger partial charge in [-0.05, 0) is 35.4 Å². The molecule has 1 atom stereocenters. The first-order chi connectivity index (χ1) is 13.2. The number of carbonyl (C=O) groups excluding carboxylic acids is 2. The van der Waals surface area contributed by atoms with E-state index >= 15 is 0 Å². The Morgan fingerprint density at radius 3 is 2.19 bits per heavy atom. The van der Waals surface area contributed by atoms with Crippen molar-refractivity contribution >= 4 is 17.5 Å². The quantitative estimate of drug-likeness (QED) is 0.632. The fourth-order valence-corrected chi connectivity index (χ4v) is 2.74. The van der Waals surface area contributed by atoms with E-state index in [0.717, 1.165) is 5.56 Å². The Hall–Kier alpha value is -3.44. The SMILES string of the molecule is NCc1cccc(C(=O)NC(C(=O)Nc2ccccc2)c2ccccc2)c1. The maximum absolute atomic E-state index is 12.9. The van der Waals surface area contributed by atoms with Crippen LogP contribution in [0.15, 0.2) is 84.9 Å². The highest BCUT2D eigenvalue weighted by atomic mass is 16.2. The summed E-state index contributed by atoms with van der Waals surface area (Å²) < 4.78 is 0. The van der Waals surface area contributed by atoms with Crippen LogP contribution in [0.3, 0.4) is 0 Å². The molecule has 0 aromatic heterocycles. The number of rotatable bonds is 6. The van der Waals surface area contributed by atoms with Gasteiger partial charge in [0.25, 0.3) is 11.8 Å². The van der Waals surface area contributed by atoms with E-state index in [4.69, 9.17) is 5.73 Å². The highest BCUT2D eigenvalue weighted by molar-refractivity contribution is 6.01. The van der Waals surface area contributed by atoms with Crippen molar-refractivity contribution < 1.29 is 9.59 Å². The molecule has 0 fully saturated rings. The molecule has 0 radical (unpaired) electrons. The number of nitrogens with one attached hydrogen (secondary N) is 2. The van der Waals surface area contributed by atoms with Crippen molar-refractivity contribution in [2.45, 2.75) is 12.6 Å². The van der Waals surface area contributed by atoms with Crippen LogP contribution in [0.1, 0.15) is 27.5 Å². The monoisotopic (exact) mass is 359 g/mol. The fraction of sp³-hybridized carbons (Fsp3) is 0.0909. The Labute approximate surface area is 158 Å². The minimum Gasteiger partial charge on any atom is -0.336 e. The van der Waals surface area contributed by atoms with Crippen LogP contribution >= 0.6 is 0 Å². The minimum absolute atomic E-state index is 0.310. The van der Waals surface area contributed by atoms with Gasteiger partial charge < -0.3 is 16.4 Å². The van der Waals surface area contributed by atoms with E-state index in [1.165, 1.54) is 0 Å². The molecule has 5 heteroatoms. The van der Waals surface area contributed by atoms with Gasteiger partial charge in [-0.3, -0.25) is 9.59 Å². The van der Waals surface area contributed by atoms with E-state index in [0.29, 0.717) is 23.4 Å². The van der Waals surface area contributed by atoms with Crippen LogP contribution in [0, 0.1) is 0 Å². The van der Waals surface area contributed by atoms with Crippen molar-refractivity contribution in [1.82, 2.24) is 5.32 Å². The third-order valence-corrected chi connectivity index (χ3v) is 4.14. The van der Waals surface area contributed by atoms with Gasteiger partial charge >= 0.3 is 0 Å². The maximum atomic E-state index is 12.9. The van der Waals surface area contributed by atoms with Crippen LogP contribution in [0.4, 0.5) is 5.69 Å². The Balaban J connectivity index is 1.83. The molecule has 3 aromatic carbocycles. The van der Waals surface area contributed by atoms with Crippen LogP contribution in [0.2, 0.25) is 0 Å². The van der Waals surface area contributed by atoms with Crippen LogP contribution in [-0.2, 0) is 11.3 Å². The van der Waals surface area contributed by atoms with E-state index in [1.807, 2.05) is 54.6 Å². The van der Waals surface area contributed by atoms with E-state index in [1.54, 1.807) is 30.3 Å². The summed E-state index contributed by atoms with van der Waals surface area (Å²) in [7, 11) is 0. The number of carbonyl (C=O) groups is 2. The van der Waals surface area contributed by atoms with Gasteiger partial charge in [-0.15, -0.1) is 0 Å². The summed E-state index contributed by atoms with van der Waals surface area (Å²) in [6.45, 7) is 0.345. The van der Waals surface area contributed by atoms with Crippen molar-refractivity contribution in [3.8, 4) is 0 Å². The first-order valence-electron chi connectivity index (χ1n) is 8.68. The van der Waals surface area contributed by atoms with Gasteiger partial charge in [0.1, 0.15) is 6.04 Å². The second-order valence-corrected chi connectivity index (χ2v) is 6.08. The number of anilines is 1. The lowest BCUT2D eigenvalue weighted by Gasteiger charge is -2.19. The molecule has 4 N–H and O–H groups in total. The summed E-state index contributed by atoms with van der Waals surface area (Å²) in [6, 6.07) is 24.5. The molecule has 0 aliphatic heterocycles. The smallest absolute Gasteiger partial charge is 0.252 e. The summed E-state index contributed by atoms with van der Waals surface area (Å²) in [6.07, 6.45) is 0. The summed E-state index contributed by atoms with van der Waals surface area (Å²) in [5, 5.41) is 5.68. The zero-order chi connectivity index (χ0) is 19.1. The third kappa shape index (κ3) is 4.80. The largest absolute Gasteiger partial charge is 0.336 e. The van der Waals surface area contributed by atoms with Crippen LogP contribution in [0.25, 0.3) is 0 Å². The second kappa shape index (κ2) is 8.78. The molecule has 27 heavy (non-hydrogen) atoms. The molecule has 0 aliphatic rings. The van der Waals surface area contributed by atoms with Crippen molar-refractivity contribution in [1.29, 1.82) is 0 Å². The number of para-hydroxylation sites is 1. The number of hydrogen-bond donors (Lipinski definition) is 3. The summed E-state index contributed by atoms with van der Waals surface area (Å²) in [5.41, 5.74) is 8.34. The van der Waals surface area contributed by atoms with Gasteiger partial charge in [-0.25, -0.2) is 0 Å². The summed E-state index contributed by atoms with van der Waals surface area (Å²) in [5.74, 6) is -0.641. The van der Waals surface area contributed by atoms with E-state index < -0.39 is 6.04 Å². The van der Waals surface area contributed by atoms with E-state index in [2.05, 4.69) is 10.6 Å². The predicted molar refractivity (Wildman–Crippen MR) is 106 cm³/mol. The Morgan fingerprint density at radius 1 is 0.852 bits per heavy atom. The van der Waals surface area contributed by atoms with Gasteiger partial charge in [0.2, 0.25) is 0 Å². The molecule has 1 unspecified atom stereocenters. The number of benzene rings is 3. The molecule has 2 amide bonds. The molecular formula is C22H21N3O2. The number of amides is 2. The zero-order valence-electron chi connectivity index (χ0n) is 14.8. The number of nitrogens with two attached hydrogens (primary N) is 1. The lowest BCUT2D eigenvalue weighted by atomic mass is 10.0. The Bertz CT molecular complexity index is 911. The van der Waals surface area contributed by atoms with Crippen molar-refractivity contribution in [2.75, 3.05) is 5.32 Å². The molecular weight excluding hydrogens is 338 g/mol. The predicted octanol–water partition coefficient (Wildman–Crippen LogP) is 3.26. The van der Waals surface area contributed by atoms with Crippen LogP contribution in [-0.4, -0.2) is 11.8 Å². The first kappa shape index (κ1) is 18.4. The summed E-state index contributed by atoms with van der Waals surface area (Å²) in [4.78, 5) is 25.6. The summed E-state index contributed by atoms with van der Waals surface area (Å²) >= 11 is 0. The molecule has 5 nitrogen and oxygen atoms in total. The molecule has 0 saturated carbocycles. The normalized spacial score (nSPS) is 11.4. The van der Waals surface area contributed by atoms with Gasteiger partial charge in [0.15, 0.2) is 0 Å². The van der Waals surface area contributed by atoms with E-state index in [9.17, 15) is 9.59 Å². The molecule has 3 aromatic rings.